The van der Waals surface area contributed by atoms with Gasteiger partial charge in [0, 0.05) is 18.1 Å². The molecule has 2 saturated heterocycles. The molecule has 0 N–H and O–H groups in total. The lowest BCUT2D eigenvalue weighted by atomic mass is 10.2. The highest BCUT2D eigenvalue weighted by atomic mass is 32.2. The molecule has 1 aromatic carbocycles. The third-order valence-electron chi connectivity index (χ3n) is 2.81. The third kappa shape index (κ3) is 1.58. The van der Waals surface area contributed by atoms with Gasteiger partial charge in [0.1, 0.15) is 0 Å². The summed E-state index contributed by atoms with van der Waals surface area (Å²) in [5.74, 6) is 2.64. The van der Waals surface area contributed by atoms with Crippen molar-refractivity contribution in [3.8, 4) is 0 Å². The zero-order valence-corrected chi connectivity index (χ0v) is 9.56. The first-order valence-electron chi connectivity index (χ1n) is 4.96. The van der Waals surface area contributed by atoms with Crippen LogP contribution in [-0.4, -0.2) is 27.2 Å². The molecule has 2 atom stereocenters. The molecule has 0 aliphatic carbocycles. The van der Waals surface area contributed by atoms with Crippen molar-refractivity contribution >= 4 is 23.5 Å². The van der Waals surface area contributed by atoms with Crippen LogP contribution in [-0.2, 0) is 6.54 Å². The number of rotatable bonds is 2. The predicted molar refractivity (Wildman–Crippen MR) is 64.5 cm³/mol. The van der Waals surface area contributed by atoms with E-state index in [0.29, 0.717) is 0 Å². The minimum absolute atomic E-state index is 0.783. The van der Waals surface area contributed by atoms with Crippen LogP contribution < -0.4 is 0 Å². The summed E-state index contributed by atoms with van der Waals surface area (Å²) in [6, 6.07) is 10.8. The topological polar surface area (TPSA) is 3.24 Å². The van der Waals surface area contributed by atoms with E-state index in [1.54, 1.807) is 0 Å². The predicted octanol–water partition coefficient (Wildman–Crippen LogP) is 2.63. The van der Waals surface area contributed by atoms with Crippen LogP contribution in [0, 0.1) is 0 Å². The summed E-state index contributed by atoms with van der Waals surface area (Å²) in [6.45, 7) is 1.14. The van der Waals surface area contributed by atoms with Crippen molar-refractivity contribution in [1.82, 2.24) is 4.90 Å². The lowest BCUT2D eigenvalue weighted by molar-refractivity contribution is 0.289. The Hall–Kier alpha value is -0.120. The van der Waals surface area contributed by atoms with Crippen LogP contribution in [0.15, 0.2) is 30.3 Å². The van der Waals surface area contributed by atoms with Crippen molar-refractivity contribution in [2.75, 3.05) is 11.5 Å². The Morgan fingerprint density at radius 2 is 1.71 bits per heavy atom. The van der Waals surface area contributed by atoms with Gasteiger partial charge in [-0.15, -0.1) is 23.5 Å². The summed E-state index contributed by atoms with van der Waals surface area (Å²) in [5, 5.41) is 1.57. The largest absolute Gasteiger partial charge is 0.274 e. The highest BCUT2D eigenvalue weighted by Crippen LogP contribution is 2.44. The molecular formula is C11H13NS2. The van der Waals surface area contributed by atoms with Crippen molar-refractivity contribution in [3.05, 3.63) is 35.9 Å². The van der Waals surface area contributed by atoms with Gasteiger partial charge in [-0.25, -0.2) is 0 Å². The van der Waals surface area contributed by atoms with Crippen LogP contribution in [0.25, 0.3) is 0 Å². The molecule has 1 nitrogen and oxygen atoms in total. The fourth-order valence-electron chi connectivity index (χ4n) is 2.05. The minimum atomic E-state index is 0.783. The molecule has 0 aromatic heterocycles. The fraction of sp³-hybridized carbons (Fsp3) is 0.455. The van der Waals surface area contributed by atoms with Crippen molar-refractivity contribution < 1.29 is 0 Å². The molecule has 0 saturated carbocycles. The molecule has 2 heterocycles. The van der Waals surface area contributed by atoms with Crippen LogP contribution in [0.5, 0.6) is 0 Å². The molecule has 2 aliphatic heterocycles. The summed E-state index contributed by atoms with van der Waals surface area (Å²) in [5.41, 5.74) is 1.45. The van der Waals surface area contributed by atoms with E-state index >= 15 is 0 Å². The van der Waals surface area contributed by atoms with E-state index in [9.17, 15) is 0 Å². The monoisotopic (exact) mass is 223 g/mol. The highest BCUT2D eigenvalue weighted by molar-refractivity contribution is 8.07. The van der Waals surface area contributed by atoms with E-state index < -0.39 is 0 Å². The second kappa shape index (κ2) is 3.80. The SMILES string of the molecule is c1ccc(CN2C3CSC2CS3)cc1. The van der Waals surface area contributed by atoms with Crippen molar-refractivity contribution in [1.29, 1.82) is 0 Å². The first-order chi connectivity index (χ1) is 6.93. The van der Waals surface area contributed by atoms with E-state index in [1.807, 2.05) is 0 Å². The lowest BCUT2D eigenvalue weighted by Crippen LogP contribution is -2.27. The van der Waals surface area contributed by atoms with Gasteiger partial charge in [-0.2, -0.15) is 0 Å². The molecule has 2 fully saturated rings. The number of hydrogen-bond acceptors (Lipinski definition) is 3. The molecule has 74 valence electrons. The molecule has 0 radical (unpaired) electrons. The van der Waals surface area contributed by atoms with Gasteiger partial charge in [-0.1, -0.05) is 30.3 Å². The Balaban J connectivity index is 1.74. The van der Waals surface area contributed by atoms with Gasteiger partial charge in [-0.3, -0.25) is 4.90 Å². The van der Waals surface area contributed by atoms with Gasteiger partial charge < -0.3 is 0 Å². The smallest absolute Gasteiger partial charge is 0.0663 e. The van der Waals surface area contributed by atoms with E-state index in [-0.39, 0.29) is 0 Å². The fourth-order valence-corrected chi connectivity index (χ4v) is 5.35. The summed E-state index contributed by atoms with van der Waals surface area (Å²) < 4.78 is 0. The quantitative estimate of drug-likeness (QED) is 0.759. The van der Waals surface area contributed by atoms with Crippen LogP contribution in [0.2, 0.25) is 0 Å². The van der Waals surface area contributed by atoms with Crippen LogP contribution in [0.1, 0.15) is 5.56 Å². The number of fused-ring (bicyclic) bond motifs is 2. The highest BCUT2D eigenvalue weighted by Gasteiger charge is 2.40. The lowest BCUT2D eigenvalue weighted by Gasteiger charge is -2.19. The number of nitrogens with zero attached hydrogens (tertiary/aromatic N) is 1. The Bertz CT molecular complexity index is 294. The van der Waals surface area contributed by atoms with Crippen LogP contribution in [0.4, 0.5) is 0 Å². The number of hydrogen-bond donors (Lipinski definition) is 0. The molecule has 1 aromatic rings. The normalized spacial score (nSPS) is 31.1. The Labute approximate surface area is 93.3 Å². The van der Waals surface area contributed by atoms with Crippen molar-refractivity contribution in [2.24, 2.45) is 0 Å². The molecular weight excluding hydrogens is 210 g/mol. The average Bonchev–Trinajstić information content (AvgIpc) is 2.80. The second-order valence-corrected chi connectivity index (χ2v) is 6.16. The standard InChI is InChI=1S/C11H13NS2/c1-2-4-9(5-3-1)6-12-10-7-13-11(12)8-14-10/h1-5,10-11H,6-8H2. The maximum atomic E-state index is 2.64. The zero-order valence-electron chi connectivity index (χ0n) is 7.93. The van der Waals surface area contributed by atoms with E-state index in [4.69, 9.17) is 0 Å². The maximum absolute atomic E-state index is 2.64. The third-order valence-corrected chi connectivity index (χ3v) is 5.89. The number of benzene rings is 1. The van der Waals surface area contributed by atoms with Gasteiger partial charge in [0.05, 0.1) is 10.7 Å². The van der Waals surface area contributed by atoms with Crippen LogP contribution >= 0.6 is 23.5 Å². The summed E-state index contributed by atoms with van der Waals surface area (Å²) in [6.07, 6.45) is 0. The average molecular weight is 223 g/mol. The molecule has 2 aliphatic rings. The Morgan fingerprint density at radius 3 is 2.29 bits per heavy atom. The zero-order chi connectivity index (χ0) is 9.38. The van der Waals surface area contributed by atoms with Gasteiger partial charge in [-0.05, 0) is 5.56 Å². The van der Waals surface area contributed by atoms with Gasteiger partial charge in [0.2, 0.25) is 0 Å². The molecule has 0 amide bonds. The van der Waals surface area contributed by atoms with E-state index in [0.717, 1.165) is 17.3 Å². The molecule has 14 heavy (non-hydrogen) atoms. The van der Waals surface area contributed by atoms with Gasteiger partial charge >= 0.3 is 0 Å². The molecule has 3 rings (SSSR count). The van der Waals surface area contributed by atoms with Gasteiger partial charge in [0.15, 0.2) is 0 Å². The molecule has 0 spiro atoms. The number of thioether (sulfide) groups is 2. The second-order valence-electron chi connectivity index (χ2n) is 3.73. The van der Waals surface area contributed by atoms with Crippen molar-refractivity contribution in [3.63, 3.8) is 0 Å². The first-order valence-corrected chi connectivity index (χ1v) is 7.06. The molecule has 2 unspecified atom stereocenters. The summed E-state index contributed by atoms with van der Waals surface area (Å²) in [7, 11) is 0. The van der Waals surface area contributed by atoms with E-state index in [2.05, 4.69) is 58.8 Å². The molecule has 3 heteroatoms. The first kappa shape index (κ1) is 9.13. The Kier molecular flexibility index (Phi) is 2.48. The van der Waals surface area contributed by atoms with Crippen molar-refractivity contribution in [2.45, 2.75) is 17.3 Å². The summed E-state index contributed by atoms with van der Waals surface area (Å²) in [4.78, 5) is 2.64. The Morgan fingerprint density at radius 1 is 1.07 bits per heavy atom. The van der Waals surface area contributed by atoms with Crippen LogP contribution in [0.3, 0.4) is 0 Å². The summed E-state index contributed by atoms with van der Waals surface area (Å²) >= 11 is 4.25. The molecule has 2 bridgehead atoms. The van der Waals surface area contributed by atoms with E-state index in [1.165, 1.54) is 17.1 Å². The minimum Gasteiger partial charge on any atom is -0.274 e. The maximum Gasteiger partial charge on any atom is 0.0663 e. The van der Waals surface area contributed by atoms with Gasteiger partial charge in [0.25, 0.3) is 0 Å².